The molecule has 5 heteroatoms. The Kier molecular flexibility index (Phi) is 5.25. The van der Waals surface area contributed by atoms with Gasteiger partial charge in [-0.1, -0.05) is 24.3 Å². The molecule has 0 aliphatic heterocycles. The molecule has 0 radical (unpaired) electrons. The molecule has 0 atom stereocenters. The molecule has 0 saturated heterocycles. The van der Waals surface area contributed by atoms with Crippen LogP contribution in [0.5, 0.6) is 0 Å². The van der Waals surface area contributed by atoms with Gasteiger partial charge in [0.25, 0.3) is 0 Å². The Morgan fingerprint density at radius 1 is 1.17 bits per heavy atom. The van der Waals surface area contributed by atoms with Gasteiger partial charge in [-0.05, 0) is 37.6 Å². The van der Waals surface area contributed by atoms with Gasteiger partial charge < -0.3 is 10.5 Å². The van der Waals surface area contributed by atoms with Crippen LogP contribution in [0.25, 0.3) is 5.70 Å². The van der Waals surface area contributed by atoms with E-state index in [1.165, 1.54) is 7.11 Å². The minimum absolute atomic E-state index is 0.221. The van der Waals surface area contributed by atoms with Crippen LogP contribution in [0.1, 0.15) is 18.2 Å². The summed E-state index contributed by atoms with van der Waals surface area (Å²) in [6.45, 7) is 3.61. The number of para-hydroxylation sites is 1. The fraction of sp³-hybridized carbons (Fsp3) is 0.167. The molecule has 1 heterocycles. The highest BCUT2D eigenvalue weighted by Crippen LogP contribution is 2.20. The van der Waals surface area contributed by atoms with Crippen LogP contribution in [-0.4, -0.2) is 23.8 Å². The van der Waals surface area contributed by atoms with Crippen molar-refractivity contribution < 1.29 is 9.53 Å². The van der Waals surface area contributed by atoms with Gasteiger partial charge in [0.1, 0.15) is 5.57 Å². The first kappa shape index (κ1) is 16.4. The summed E-state index contributed by atoms with van der Waals surface area (Å²) in [5.41, 5.74) is 9.32. The lowest BCUT2D eigenvalue weighted by Gasteiger charge is -2.11. The Bertz CT molecular complexity index is 765. The third-order valence-electron chi connectivity index (χ3n) is 3.34. The molecule has 0 bridgehead atoms. The van der Waals surface area contributed by atoms with Crippen LogP contribution in [-0.2, 0) is 9.53 Å². The van der Waals surface area contributed by atoms with Crippen LogP contribution in [0.2, 0.25) is 0 Å². The monoisotopic (exact) mass is 309 g/mol. The highest BCUT2D eigenvalue weighted by molar-refractivity contribution is 6.24. The predicted octanol–water partition coefficient (Wildman–Crippen LogP) is 3.03. The number of aryl methyl sites for hydroxylation is 1. The fourth-order valence-electron chi connectivity index (χ4n) is 2.19. The molecule has 23 heavy (non-hydrogen) atoms. The number of esters is 1. The molecule has 2 rings (SSSR count). The summed E-state index contributed by atoms with van der Waals surface area (Å²) in [6.07, 6.45) is 1.63. The number of pyridine rings is 1. The van der Waals surface area contributed by atoms with Crippen LogP contribution in [0.15, 0.2) is 59.2 Å². The summed E-state index contributed by atoms with van der Waals surface area (Å²) in [7, 11) is 1.32. The van der Waals surface area contributed by atoms with Crippen molar-refractivity contribution in [1.82, 2.24) is 4.98 Å². The Morgan fingerprint density at radius 2 is 1.87 bits per heavy atom. The topological polar surface area (TPSA) is 77.6 Å². The number of hydrogen-bond acceptors (Lipinski definition) is 5. The van der Waals surface area contributed by atoms with Crippen molar-refractivity contribution in [3.63, 3.8) is 0 Å². The largest absolute Gasteiger partial charge is 0.465 e. The molecular weight excluding hydrogens is 290 g/mol. The maximum atomic E-state index is 12.2. The maximum absolute atomic E-state index is 12.2. The van der Waals surface area contributed by atoms with E-state index in [1.807, 2.05) is 49.4 Å². The van der Waals surface area contributed by atoms with Crippen molar-refractivity contribution in [1.29, 1.82) is 0 Å². The van der Waals surface area contributed by atoms with Crippen molar-refractivity contribution >= 4 is 23.1 Å². The number of benzene rings is 1. The summed E-state index contributed by atoms with van der Waals surface area (Å²) in [5.74, 6) is -0.537. The molecule has 0 fully saturated rings. The van der Waals surface area contributed by atoms with E-state index in [4.69, 9.17) is 10.5 Å². The lowest BCUT2D eigenvalue weighted by Crippen LogP contribution is -2.19. The summed E-state index contributed by atoms with van der Waals surface area (Å²) < 4.78 is 4.87. The first-order valence-corrected chi connectivity index (χ1v) is 7.15. The Hall–Kier alpha value is -2.95. The molecule has 0 aliphatic rings. The molecule has 0 saturated carbocycles. The third kappa shape index (κ3) is 3.83. The van der Waals surface area contributed by atoms with Gasteiger partial charge in [0.2, 0.25) is 0 Å². The van der Waals surface area contributed by atoms with Gasteiger partial charge >= 0.3 is 5.97 Å². The summed E-state index contributed by atoms with van der Waals surface area (Å²) in [6, 6.07) is 13.0. The second kappa shape index (κ2) is 7.35. The standard InChI is InChI=1S/C18H19N3O2/c1-12-8-7-11-20-17(12)16(19)15(18(22)23-3)13(2)21-14-9-5-4-6-10-14/h4-11H,19H2,1-3H3. The quantitative estimate of drug-likeness (QED) is 0.535. The smallest absolute Gasteiger partial charge is 0.341 e. The molecule has 0 aliphatic carbocycles. The van der Waals surface area contributed by atoms with Crippen molar-refractivity contribution in [2.45, 2.75) is 13.8 Å². The number of rotatable bonds is 4. The second-order valence-electron chi connectivity index (χ2n) is 4.98. The summed E-state index contributed by atoms with van der Waals surface area (Å²) in [4.78, 5) is 20.9. The summed E-state index contributed by atoms with van der Waals surface area (Å²) in [5, 5.41) is 0. The lowest BCUT2D eigenvalue weighted by molar-refractivity contribution is -0.135. The second-order valence-corrected chi connectivity index (χ2v) is 4.98. The van der Waals surface area contributed by atoms with Crippen LogP contribution in [0.4, 0.5) is 5.69 Å². The molecule has 2 N–H and O–H groups in total. The number of aromatic nitrogens is 1. The Morgan fingerprint density at radius 3 is 2.48 bits per heavy atom. The predicted molar refractivity (Wildman–Crippen MR) is 91.3 cm³/mol. The Labute approximate surface area is 135 Å². The number of aliphatic imine (C=N–C) groups is 1. The van der Waals surface area contributed by atoms with E-state index >= 15 is 0 Å². The van der Waals surface area contributed by atoms with E-state index in [-0.39, 0.29) is 11.3 Å². The van der Waals surface area contributed by atoms with Gasteiger partial charge in [0.05, 0.1) is 29.9 Å². The van der Waals surface area contributed by atoms with Crippen molar-refractivity contribution in [3.8, 4) is 0 Å². The van der Waals surface area contributed by atoms with E-state index in [0.717, 1.165) is 11.3 Å². The zero-order chi connectivity index (χ0) is 16.8. The number of carbonyl (C=O) groups excluding carboxylic acids is 1. The van der Waals surface area contributed by atoms with E-state index in [0.29, 0.717) is 11.4 Å². The van der Waals surface area contributed by atoms with Gasteiger partial charge in [0.15, 0.2) is 0 Å². The molecule has 0 amide bonds. The van der Waals surface area contributed by atoms with Gasteiger partial charge in [-0.3, -0.25) is 9.98 Å². The highest BCUT2D eigenvalue weighted by atomic mass is 16.5. The molecule has 1 aromatic heterocycles. The van der Waals surface area contributed by atoms with E-state index in [2.05, 4.69) is 9.98 Å². The Balaban J connectivity index is 2.58. The van der Waals surface area contributed by atoms with Crippen molar-refractivity contribution in [2.75, 3.05) is 7.11 Å². The first-order chi connectivity index (χ1) is 11.0. The van der Waals surface area contributed by atoms with E-state index in [1.54, 1.807) is 13.1 Å². The highest BCUT2D eigenvalue weighted by Gasteiger charge is 2.20. The molecule has 1 aromatic carbocycles. The average Bonchev–Trinajstić information content (AvgIpc) is 2.56. The molecule has 0 spiro atoms. The van der Waals surface area contributed by atoms with Crippen LogP contribution in [0, 0.1) is 6.92 Å². The van der Waals surface area contributed by atoms with Crippen LogP contribution in [0.3, 0.4) is 0 Å². The number of carbonyl (C=O) groups is 1. The number of ether oxygens (including phenoxy) is 1. The number of methoxy groups -OCH3 is 1. The molecule has 118 valence electrons. The van der Waals surface area contributed by atoms with Gasteiger partial charge in [-0.15, -0.1) is 0 Å². The minimum atomic E-state index is -0.537. The number of hydrogen-bond donors (Lipinski definition) is 1. The summed E-state index contributed by atoms with van der Waals surface area (Å²) >= 11 is 0. The minimum Gasteiger partial charge on any atom is -0.465 e. The van der Waals surface area contributed by atoms with Crippen LogP contribution >= 0.6 is 0 Å². The number of nitrogens with zero attached hydrogens (tertiary/aromatic N) is 2. The van der Waals surface area contributed by atoms with Crippen molar-refractivity contribution in [2.24, 2.45) is 10.7 Å². The van der Waals surface area contributed by atoms with Crippen LogP contribution < -0.4 is 5.73 Å². The van der Waals surface area contributed by atoms with Gasteiger partial charge in [-0.25, -0.2) is 4.79 Å². The van der Waals surface area contributed by atoms with E-state index in [9.17, 15) is 4.79 Å². The average molecular weight is 309 g/mol. The maximum Gasteiger partial charge on any atom is 0.341 e. The zero-order valence-corrected chi connectivity index (χ0v) is 13.4. The first-order valence-electron chi connectivity index (χ1n) is 7.15. The lowest BCUT2D eigenvalue weighted by atomic mass is 10.0. The molecule has 5 nitrogen and oxygen atoms in total. The normalized spacial score (nSPS) is 12.6. The zero-order valence-electron chi connectivity index (χ0n) is 13.4. The van der Waals surface area contributed by atoms with Crippen molar-refractivity contribution in [3.05, 3.63) is 65.5 Å². The van der Waals surface area contributed by atoms with Gasteiger partial charge in [-0.2, -0.15) is 0 Å². The fourth-order valence-corrected chi connectivity index (χ4v) is 2.19. The molecule has 2 aromatic rings. The molecule has 0 unspecified atom stereocenters. The number of nitrogens with two attached hydrogens (primary N) is 1. The SMILES string of the molecule is COC(=O)C(C(C)=Nc1ccccc1)=C(N)c1ncccc1C. The van der Waals surface area contributed by atoms with Gasteiger partial charge in [0, 0.05) is 6.20 Å². The molecular formula is C18H19N3O2. The van der Waals surface area contributed by atoms with E-state index < -0.39 is 5.97 Å². The third-order valence-corrected chi connectivity index (χ3v) is 3.34.